The van der Waals surface area contributed by atoms with Gasteiger partial charge in [0.25, 0.3) is 0 Å². The third-order valence-electron chi connectivity index (χ3n) is 2.81. The second-order valence-electron chi connectivity index (χ2n) is 4.43. The van der Waals surface area contributed by atoms with E-state index in [1.54, 1.807) is 24.3 Å². The van der Waals surface area contributed by atoms with Gasteiger partial charge in [0, 0.05) is 24.7 Å². The lowest BCUT2D eigenvalue weighted by molar-refractivity contribution is 0.0324. The van der Waals surface area contributed by atoms with Gasteiger partial charge in [-0.1, -0.05) is 23.7 Å². The first-order valence-electron chi connectivity index (χ1n) is 6.09. The first-order chi connectivity index (χ1) is 9.05. The molecule has 7 heteroatoms. The zero-order valence-electron chi connectivity index (χ0n) is 10.4. The highest BCUT2D eigenvalue weighted by molar-refractivity contribution is 7.88. The smallest absolute Gasteiger partial charge is 0.215 e. The number of hydrogen-bond donors (Lipinski definition) is 2. The van der Waals surface area contributed by atoms with Gasteiger partial charge in [-0.15, -0.1) is 0 Å². The van der Waals surface area contributed by atoms with E-state index in [1.165, 1.54) is 0 Å². The number of nitrogens with one attached hydrogen (secondary N) is 2. The van der Waals surface area contributed by atoms with E-state index < -0.39 is 10.0 Å². The number of ether oxygens (including phenoxy) is 1. The standard InChI is InChI=1S/C12H17ClN2O3S/c13-11-3-1-10(2-4-11)9-19(16,17)15-8-12-7-14-5-6-18-12/h1-4,12,14-15H,5-9H2. The van der Waals surface area contributed by atoms with Gasteiger partial charge in [0.1, 0.15) is 0 Å². The Balaban J connectivity index is 1.85. The van der Waals surface area contributed by atoms with Crippen molar-refractivity contribution in [2.45, 2.75) is 11.9 Å². The molecule has 1 atom stereocenters. The van der Waals surface area contributed by atoms with E-state index in [-0.39, 0.29) is 11.9 Å². The number of halogens is 1. The molecule has 0 spiro atoms. The third-order valence-corrected chi connectivity index (χ3v) is 4.38. The van der Waals surface area contributed by atoms with Crippen molar-refractivity contribution in [3.63, 3.8) is 0 Å². The molecule has 1 saturated heterocycles. The van der Waals surface area contributed by atoms with Crippen molar-refractivity contribution < 1.29 is 13.2 Å². The summed E-state index contributed by atoms with van der Waals surface area (Å²) in [7, 11) is -3.35. The molecular formula is C12H17ClN2O3S. The molecule has 1 aliphatic heterocycles. The molecule has 1 fully saturated rings. The van der Waals surface area contributed by atoms with Crippen molar-refractivity contribution in [2.75, 3.05) is 26.2 Å². The van der Waals surface area contributed by atoms with Crippen LogP contribution in [-0.2, 0) is 20.5 Å². The summed E-state index contributed by atoms with van der Waals surface area (Å²) < 4.78 is 31.8. The maximum absolute atomic E-state index is 11.9. The number of sulfonamides is 1. The summed E-state index contributed by atoms with van der Waals surface area (Å²) in [4.78, 5) is 0. The highest BCUT2D eigenvalue weighted by atomic mass is 35.5. The molecule has 2 N–H and O–H groups in total. The molecule has 106 valence electrons. The fourth-order valence-corrected chi connectivity index (χ4v) is 3.12. The monoisotopic (exact) mass is 304 g/mol. The Bertz CT molecular complexity index is 498. The molecule has 19 heavy (non-hydrogen) atoms. The maximum Gasteiger partial charge on any atom is 0.215 e. The minimum absolute atomic E-state index is 0.0513. The van der Waals surface area contributed by atoms with Crippen LogP contribution < -0.4 is 10.0 Å². The fourth-order valence-electron chi connectivity index (χ4n) is 1.82. The van der Waals surface area contributed by atoms with Gasteiger partial charge in [-0.05, 0) is 17.7 Å². The number of benzene rings is 1. The minimum atomic E-state index is -3.35. The van der Waals surface area contributed by atoms with Crippen molar-refractivity contribution in [1.82, 2.24) is 10.0 Å². The number of hydrogen-bond acceptors (Lipinski definition) is 4. The first-order valence-corrected chi connectivity index (χ1v) is 8.12. The van der Waals surface area contributed by atoms with E-state index in [2.05, 4.69) is 10.0 Å². The van der Waals surface area contributed by atoms with Crippen molar-refractivity contribution >= 4 is 21.6 Å². The van der Waals surface area contributed by atoms with Crippen LogP contribution in [0.4, 0.5) is 0 Å². The lowest BCUT2D eigenvalue weighted by atomic mass is 10.2. The molecule has 2 rings (SSSR count). The molecular weight excluding hydrogens is 288 g/mol. The second-order valence-corrected chi connectivity index (χ2v) is 6.67. The van der Waals surface area contributed by atoms with Crippen LogP contribution in [-0.4, -0.2) is 40.8 Å². The molecule has 0 amide bonds. The summed E-state index contributed by atoms with van der Waals surface area (Å²) >= 11 is 5.76. The molecule has 0 bridgehead atoms. The molecule has 0 radical (unpaired) electrons. The average Bonchev–Trinajstić information content (AvgIpc) is 2.40. The Morgan fingerprint density at radius 1 is 1.37 bits per heavy atom. The van der Waals surface area contributed by atoms with Crippen LogP contribution in [0.2, 0.25) is 5.02 Å². The van der Waals surface area contributed by atoms with Gasteiger partial charge in [0.05, 0.1) is 18.5 Å². The first kappa shape index (κ1) is 14.7. The lowest BCUT2D eigenvalue weighted by Crippen LogP contribution is -2.45. The molecule has 5 nitrogen and oxygen atoms in total. The van der Waals surface area contributed by atoms with Crippen molar-refractivity contribution in [1.29, 1.82) is 0 Å². The Labute approximate surface area is 118 Å². The molecule has 1 heterocycles. The van der Waals surface area contributed by atoms with E-state index in [1.807, 2.05) is 0 Å². The normalized spacial score (nSPS) is 20.4. The average molecular weight is 305 g/mol. The van der Waals surface area contributed by atoms with Crippen LogP contribution in [0, 0.1) is 0 Å². The van der Waals surface area contributed by atoms with E-state index in [4.69, 9.17) is 16.3 Å². The van der Waals surface area contributed by atoms with Gasteiger partial charge >= 0.3 is 0 Å². The van der Waals surface area contributed by atoms with Crippen LogP contribution in [0.3, 0.4) is 0 Å². The van der Waals surface area contributed by atoms with E-state index >= 15 is 0 Å². The van der Waals surface area contributed by atoms with E-state index in [0.717, 1.165) is 6.54 Å². The molecule has 0 saturated carbocycles. The summed E-state index contributed by atoms with van der Waals surface area (Å²) in [6.07, 6.45) is -0.103. The second kappa shape index (κ2) is 6.67. The van der Waals surface area contributed by atoms with Crippen LogP contribution >= 0.6 is 11.6 Å². The van der Waals surface area contributed by atoms with Gasteiger partial charge in [-0.25, -0.2) is 13.1 Å². The lowest BCUT2D eigenvalue weighted by Gasteiger charge is -2.23. The highest BCUT2D eigenvalue weighted by Crippen LogP contribution is 2.11. The predicted molar refractivity (Wildman–Crippen MR) is 74.7 cm³/mol. The third kappa shape index (κ3) is 5.08. The summed E-state index contributed by atoms with van der Waals surface area (Å²) in [5.41, 5.74) is 0.708. The summed E-state index contributed by atoms with van der Waals surface area (Å²) in [5.74, 6) is -0.0513. The van der Waals surface area contributed by atoms with Crippen molar-refractivity contribution in [3.05, 3.63) is 34.9 Å². The van der Waals surface area contributed by atoms with Crippen LogP contribution in [0.5, 0.6) is 0 Å². The SMILES string of the molecule is O=S(=O)(Cc1ccc(Cl)cc1)NCC1CNCCO1. The zero-order chi connectivity index (χ0) is 13.7. The molecule has 0 aliphatic carbocycles. The van der Waals surface area contributed by atoms with Gasteiger partial charge in [0.2, 0.25) is 10.0 Å². The predicted octanol–water partition coefficient (Wildman–Crippen LogP) is 0.748. The largest absolute Gasteiger partial charge is 0.374 e. The zero-order valence-corrected chi connectivity index (χ0v) is 12.0. The van der Waals surface area contributed by atoms with Crippen LogP contribution in [0.25, 0.3) is 0 Å². The minimum Gasteiger partial charge on any atom is -0.374 e. The number of morpholine rings is 1. The van der Waals surface area contributed by atoms with Gasteiger partial charge < -0.3 is 10.1 Å². The Morgan fingerprint density at radius 3 is 2.74 bits per heavy atom. The summed E-state index contributed by atoms with van der Waals surface area (Å²) in [5, 5.41) is 3.75. The van der Waals surface area contributed by atoms with Crippen molar-refractivity contribution in [3.8, 4) is 0 Å². The quantitative estimate of drug-likeness (QED) is 0.842. The van der Waals surface area contributed by atoms with Crippen LogP contribution in [0.1, 0.15) is 5.56 Å². The van der Waals surface area contributed by atoms with Crippen LogP contribution in [0.15, 0.2) is 24.3 Å². The topological polar surface area (TPSA) is 67.4 Å². The molecule has 1 aliphatic rings. The fraction of sp³-hybridized carbons (Fsp3) is 0.500. The Hall–Kier alpha value is -0.660. The number of rotatable bonds is 5. The molecule has 1 aromatic rings. The van der Waals surface area contributed by atoms with E-state index in [9.17, 15) is 8.42 Å². The summed E-state index contributed by atoms with van der Waals surface area (Å²) in [6, 6.07) is 6.78. The Morgan fingerprint density at radius 2 is 2.11 bits per heavy atom. The van der Waals surface area contributed by atoms with Gasteiger partial charge in [-0.2, -0.15) is 0 Å². The van der Waals surface area contributed by atoms with Gasteiger partial charge in [0.15, 0.2) is 0 Å². The molecule has 1 unspecified atom stereocenters. The molecule has 0 aromatic heterocycles. The maximum atomic E-state index is 11.9. The highest BCUT2D eigenvalue weighted by Gasteiger charge is 2.17. The van der Waals surface area contributed by atoms with Gasteiger partial charge in [-0.3, -0.25) is 0 Å². The summed E-state index contributed by atoms with van der Waals surface area (Å²) in [6.45, 7) is 2.39. The molecule has 1 aromatic carbocycles. The Kier molecular flexibility index (Phi) is 5.18. The van der Waals surface area contributed by atoms with Crippen molar-refractivity contribution in [2.24, 2.45) is 0 Å². The van der Waals surface area contributed by atoms with E-state index in [0.29, 0.717) is 30.3 Å².